The molecule has 0 aromatic heterocycles. The van der Waals surface area contributed by atoms with Gasteiger partial charge in [-0.25, -0.2) is 0 Å². The number of nitrogens with one attached hydrogen (secondary N) is 1. The number of benzene rings is 3. The molecule has 0 aliphatic heterocycles. The third-order valence-electron chi connectivity index (χ3n) is 4.25. The first-order valence-electron chi connectivity index (χ1n) is 8.90. The van der Waals surface area contributed by atoms with Crippen LogP contribution in [0.2, 0.25) is 5.02 Å². The molecule has 0 aliphatic rings. The Hall–Kier alpha value is -3.11. The number of halogens is 1. The highest BCUT2D eigenvalue weighted by Gasteiger charge is 2.21. The van der Waals surface area contributed by atoms with Crippen molar-refractivity contribution < 1.29 is 14.3 Å². The third kappa shape index (κ3) is 5.21. The number of amides is 1. The number of rotatable bonds is 6. The lowest BCUT2D eigenvalue weighted by Gasteiger charge is -2.19. The number of carbonyl (C=O) groups excluding carboxylic acids is 2. The molecule has 0 radical (unpaired) electrons. The zero-order chi connectivity index (χ0) is 19.9. The molecule has 1 atom stereocenters. The van der Waals surface area contributed by atoms with Crippen LogP contribution in [0, 0.1) is 6.92 Å². The van der Waals surface area contributed by atoms with Crippen LogP contribution in [0.4, 0.5) is 0 Å². The minimum Gasteiger partial charge on any atom is -0.426 e. The molecule has 1 amide bonds. The van der Waals surface area contributed by atoms with Crippen LogP contribution >= 0.6 is 11.6 Å². The number of ether oxygens (including phenoxy) is 1. The molecular weight excluding hydrogens is 374 g/mol. The van der Waals surface area contributed by atoms with Crippen molar-refractivity contribution in [1.82, 2.24) is 5.32 Å². The van der Waals surface area contributed by atoms with E-state index >= 15 is 0 Å². The Morgan fingerprint density at radius 3 is 2.25 bits per heavy atom. The van der Waals surface area contributed by atoms with Gasteiger partial charge in [0.1, 0.15) is 5.75 Å². The first-order chi connectivity index (χ1) is 13.5. The lowest BCUT2D eigenvalue weighted by Crippen LogP contribution is -2.31. The summed E-state index contributed by atoms with van der Waals surface area (Å²) in [7, 11) is 0. The van der Waals surface area contributed by atoms with E-state index in [9.17, 15) is 9.59 Å². The molecule has 0 heterocycles. The summed E-state index contributed by atoms with van der Waals surface area (Å²) in [5.41, 5.74) is 2.25. The van der Waals surface area contributed by atoms with Crippen LogP contribution in [-0.4, -0.2) is 11.9 Å². The van der Waals surface area contributed by atoms with Gasteiger partial charge in [-0.1, -0.05) is 71.8 Å². The lowest BCUT2D eigenvalue weighted by molar-refractivity contribution is -0.134. The van der Waals surface area contributed by atoms with Gasteiger partial charge in [-0.2, -0.15) is 0 Å². The summed E-state index contributed by atoms with van der Waals surface area (Å²) in [6.07, 6.45) is -0.00587. The third-order valence-corrected chi connectivity index (χ3v) is 4.58. The monoisotopic (exact) mass is 393 g/mol. The number of hydrogen-bond donors (Lipinski definition) is 1. The van der Waals surface area contributed by atoms with E-state index in [0.29, 0.717) is 16.3 Å². The first kappa shape index (κ1) is 19.6. The van der Waals surface area contributed by atoms with Crippen LogP contribution in [0.1, 0.15) is 33.9 Å². The van der Waals surface area contributed by atoms with Gasteiger partial charge in [0.25, 0.3) is 5.91 Å². The zero-order valence-electron chi connectivity index (χ0n) is 15.4. The maximum Gasteiger partial charge on any atom is 0.313 e. The van der Waals surface area contributed by atoms with Crippen LogP contribution in [0.3, 0.4) is 0 Å². The molecule has 142 valence electrons. The maximum atomic E-state index is 12.7. The highest BCUT2D eigenvalue weighted by atomic mass is 35.5. The van der Waals surface area contributed by atoms with Gasteiger partial charge >= 0.3 is 5.97 Å². The summed E-state index contributed by atoms with van der Waals surface area (Å²) in [6.45, 7) is 1.96. The minimum atomic E-state index is -0.539. The Morgan fingerprint density at radius 1 is 0.929 bits per heavy atom. The molecule has 4 nitrogen and oxygen atoms in total. The Bertz CT molecular complexity index is 955. The van der Waals surface area contributed by atoms with Gasteiger partial charge < -0.3 is 10.1 Å². The molecule has 0 saturated heterocycles. The molecular formula is C23H20ClNO3. The number of carbonyl (C=O) groups is 2. The molecule has 28 heavy (non-hydrogen) atoms. The van der Waals surface area contributed by atoms with E-state index in [2.05, 4.69) is 5.32 Å². The van der Waals surface area contributed by atoms with Gasteiger partial charge in [0.2, 0.25) is 0 Å². The molecule has 1 N–H and O–H groups in total. The number of hydrogen-bond acceptors (Lipinski definition) is 3. The fraction of sp³-hybridized carbons (Fsp3) is 0.130. The summed E-state index contributed by atoms with van der Waals surface area (Å²) in [6, 6.07) is 22.8. The molecule has 0 fully saturated rings. The lowest BCUT2D eigenvalue weighted by atomic mass is 10.0. The predicted octanol–water partition coefficient (Wildman–Crippen LogP) is 5.12. The van der Waals surface area contributed by atoms with Crippen molar-refractivity contribution in [1.29, 1.82) is 0 Å². The highest BCUT2D eigenvalue weighted by Crippen LogP contribution is 2.21. The predicted molar refractivity (Wildman–Crippen MR) is 110 cm³/mol. The zero-order valence-corrected chi connectivity index (χ0v) is 16.1. The van der Waals surface area contributed by atoms with E-state index in [1.54, 1.807) is 36.4 Å². The second-order valence-corrected chi connectivity index (χ2v) is 6.82. The van der Waals surface area contributed by atoms with Crippen LogP contribution < -0.4 is 10.1 Å². The van der Waals surface area contributed by atoms with Gasteiger partial charge in [0.15, 0.2) is 0 Å². The molecule has 0 aliphatic carbocycles. The van der Waals surface area contributed by atoms with Crippen molar-refractivity contribution in [3.8, 4) is 5.75 Å². The van der Waals surface area contributed by atoms with Crippen LogP contribution in [0.15, 0.2) is 78.9 Å². The SMILES string of the molecule is Cc1ccc(OC(=O)C[C@@H](NC(=O)c2ccccc2Cl)c2ccccc2)cc1. The number of aryl methyl sites for hydroxylation is 1. The van der Waals surface area contributed by atoms with E-state index in [1.807, 2.05) is 49.4 Å². The van der Waals surface area contributed by atoms with Crippen molar-refractivity contribution in [3.63, 3.8) is 0 Å². The number of esters is 1. The van der Waals surface area contributed by atoms with Crippen LogP contribution in [-0.2, 0) is 4.79 Å². The van der Waals surface area contributed by atoms with E-state index in [-0.39, 0.29) is 12.3 Å². The molecule has 5 heteroatoms. The minimum absolute atomic E-state index is 0.00587. The highest BCUT2D eigenvalue weighted by molar-refractivity contribution is 6.33. The van der Waals surface area contributed by atoms with Gasteiger partial charge in [0.05, 0.1) is 23.0 Å². The fourth-order valence-electron chi connectivity index (χ4n) is 2.77. The standard InChI is InChI=1S/C23H20ClNO3/c1-16-11-13-18(14-12-16)28-22(26)15-21(17-7-3-2-4-8-17)25-23(27)19-9-5-6-10-20(19)24/h2-14,21H,15H2,1H3,(H,25,27)/t21-/m1/s1. The van der Waals surface area contributed by atoms with Gasteiger partial charge in [-0.15, -0.1) is 0 Å². The van der Waals surface area contributed by atoms with Crippen molar-refractivity contribution >= 4 is 23.5 Å². The summed E-state index contributed by atoms with van der Waals surface area (Å²) in [4.78, 5) is 25.1. The van der Waals surface area contributed by atoms with Crippen molar-refractivity contribution in [3.05, 3.63) is 101 Å². The average Bonchev–Trinajstić information content (AvgIpc) is 2.70. The molecule has 3 rings (SSSR count). The molecule has 3 aromatic carbocycles. The van der Waals surface area contributed by atoms with E-state index in [0.717, 1.165) is 11.1 Å². The van der Waals surface area contributed by atoms with Gasteiger partial charge in [0, 0.05) is 0 Å². The van der Waals surface area contributed by atoms with Gasteiger partial charge in [-0.05, 0) is 36.8 Å². The maximum absolute atomic E-state index is 12.7. The Morgan fingerprint density at radius 2 is 1.57 bits per heavy atom. The summed E-state index contributed by atoms with van der Waals surface area (Å²) in [5, 5.41) is 3.25. The van der Waals surface area contributed by atoms with E-state index in [4.69, 9.17) is 16.3 Å². The van der Waals surface area contributed by atoms with E-state index in [1.165, 1.54) is 0 Å². The van der Waals surface area contributed by atoms with Gasteiger partial charge in [-0.3, -0.25) is 9.59 Å². The van der Waals surface area contributed by atoms with Crippen LogP contribution in [0.25, 0.3) is 0 Å². The molecule has 0 bridgehead atoms. The van der Waals surface area contributed by atoms with Crippen molar-refractivity contribution in [2.75, 3.05) is 0 Å². The van der Waals surface area contributed by atoms with Crippen molar-refractivity contribution in [2.24, 2.45) is 0 Å². The summed E-state index contributed by atoms with van der Waals surface area (Å²) in [5.74, 6) is -0.306. The van der Waals surface area contributed by atoms with E-state index < -0.39 is 12.0 Å². The topological polar surface area (TPSA) is 55.4 Å². The Labute approximate surface area is 169 Å². The quantitative estimate of drug-likeness (QED) is 0.467. The summed E-state index contributed by atoms with van der Waals surface area (Å²) < 4.78 is 5.42. The van der Waals surface area contributed by atoms with Crippen molar-refractivity contribution in [2.45, 2.75) is 19.4 Å². The molecule has 0 unspecified atom stereocenters. The Kier molecular flexibility index (Phi) is 6.45. The average molecular weight is 394 g/mol. The normalized spacial score (nSPS) is 11.5. The smallest absolute Gasteiger partial charge is 0.313 e. The summed E-state index contributed by atoms with van der Waals surface area (Å²) >= 11 is 6.12. The Balaban J connectivity index is 1.76. The fourth-order valence-corrected chi connectivity index (χ4v) is 2.99. The first-order valence-corrected chi connectivity index (χ1v) is 9.28. The molecule has 0 saturated carbocycles. The largest absolute Gasteiger partial charge is 0.426 e. The molecule has 0 spiro atoms. The second-order valence-electron chi connectivity index (χ2n) is 6.41. The second kappa shape index (κ2) is 9.20. The molecule has 3 aromatic rings. The van der Waals surface area contributed by atoms with Crippen LogP contribution in [0.5, 0.6) is 5.75 Å².